The van der Waals surface area contributed by atoms with Crippen molar-refractivity contribution in [2.24, 2.45) is 0 Å². The Bertz CT molecular complexity index is 2350. The molecule has 0 aromatic carbocycles. The summed E-state index contributed by atoms with van der Waals surface area (Å²) in [7, 11) is -9.98. The lowest BCUT2D eigenvalue weighted by molar-refractivity contribution is -0.161. The fourth-order valence-corrected chi connectivity index (χ4v) is 10.7. The quantitative estimate of drug-likeness (QED) is 0.0169. The lowest BCUT2D eigenvalue weighted by atomic mass is 10.1. The van der Waals surface area contributed by atoms with Gasteiger partial charge in [0, 0.05) is 19.3 Å². The minimum atomic E-state index is -5.00. The number of hydrogen-bond acceptors (Lipinski definition) is 15. The van der Waals surface area contributed by atoms with Crippen molar-refractivity contribution in [3.05, 3.63) is 134 Å². The van der Waals surface area contributed by atoms with E-state index in [1.807, 2.05) is 18.2 Å². The van der Waals surface area contributed by atoms with Crippen LogP contribution in [0.15, 0.2) is 134 Å². The fourth-order valence-electron chi connectivity index (χ4n) is 9.14. The predicted octanol–water partition coefficient (Wildman–Crippen LogP) is 20.5. The van der Waals surface area contributed by atoms with Crippen LogP contribution in [0.2, 0.25) is 0 Å². The summed E-state index contributed by atoms with van der Waals surface area (Å²) in [6.07, 6.45) is 74.9. The first kappa shape index (κ1) is 91.2. The number of esters is 4. The normalized spacial score (nSPS) is 14.8. The molecule has 0 saturated heterocycles. The molecule has 0 aromatic rings. The van der Waals surface area contributed by atoms with Crippen LogP contribution in [0.5, 0.6) is 0 Å². The lowest BCUT2D eigenvalue weighted by Crippen LogP contribution is -2.30. The number of allylic oxidation sites excluding steroid dienone is 21. The monoisotopic (exact) mass is 1390 g/mol. The minimum absolute atomic E-state index is 0.0560. The average Bonchev–Trinajstić information content (AvgIpc) is 1.84. The highest BCUT2D eigenvalue weighted by atomic mass is 31.2. The molecule has 0 aromatic heterocycles. The first-order chi connectivity index (χ1) is 46.7. The highest BCUT2D eigenvalue weighted by molar-refractivity contribution is 7.47. The van der Waals surface area contributed by atoms with Gasteiger partial charge < -0.3 is 33.8 Å². The van der Waals surface area contributed by atoms with E-state index >= 15 is 0 Å². The molecule has 3 N–H and O–H groups in total. The first-order valence-electron chi connectivity index (χ1n) is 36.4. The van der Waals surface area contributed by atoms with Gasteiger partial charge in [-0.05, 0) is 116 Å². The van der Waals surface area contributed by atoms with E-state index in [-0.39, 0.29) is 25.7 Å². The molecule has 0 aliphatic heterocycles. The highest BCUT2D eigenvalue weighted by Gasteiger charge is 2.30. The van der Waals surface area contributed by atoms with Gasteiger partial charge in [-0.2, -0.15) is 0 Å². The number of aliphatic hydroxyl groups excluding tert-OH is 1. The van der Waals surface area contributed by atoms with Crippen molar-refractivity contribution in [3.8, 4) is 0 Å². The van der Waals surface area contributed by atoms with Crippen molar-refractivity contribution >= 4 is 39.5 Å². The summed E-state index contributed by atoms with van der Waals surface area (Å²) in [6.45, 7) is 4.39. The van der Waals surface area contributed by atoms with Crippen LogP contribution in [0.3, 0.4) is 0 Å². The average molecular weight is 1390 g/mol. The molecule has 0 saturated carbocycles. The summed E-state index contributed by atoms with van der Waals surface area (Å²) in [5, 5.41) is 10.6. The Morgan fingerprint density at radius 3 is 0.969 bits per heavy atom. The highest BCUT2D eigenvalue weighted by Crippen LogP contribution is 2.45. The number of phosphoric acid groups is 2. The number of ether oxygens (including phenoxy) is 4. The number of aliphatic hydroxyl groups is 1. The molecule has 0 amide bonds. The molecule has 548 valence electrons. The molecule has 5 unspecified atom stereocenters. The van der Waals surface area contributed by atoms with Crippen LogP contribution < -0.4 is 0 Å². The second-order valence-electron chi connectivity index (χ2n) is 23.8. The van der Waals surface area contributed by atoms with Gasteiger partial charge >= 0.3 is 39.5 Å². The van der Waals surface area contributed by atoms with Crippen molar-refractivity contribution in [1.82, 2.24) is 0 Å². The van der Waals surface area contributed by atoms with Crippen LogP contribution in [0, 0.1) is 0 Å². The zero-order valence-corrected chi connectivity index (χ0v) is 61.3. The molecule has 19 heteroatoms. The molecule has 0 bridgehead atoms. The Labute approximate surface area is 580 Å². The second-order valence-corrected chi connectivity index (χ2v) is 26.7. The van der Waals surface area contributed by atoms with Crippen molar-refractivity contribution in [3.63, 3.8) is 0 Å². The van der Waals surface area contributed by atoms with Gasteiger partial charge in [0.25, 0.3) is 0 Å². The van der Waals surface area contributed by atoms with Gasteiger partial charge in [-0.25, -0.2) is 9.13 Å². The summed E-state index contributed by atoms with van der Waals surface area (Å²) >= 11 is 0. The Balaban J connectivity index is 5.41. The maximum Gasteiger partial charge on any atom is 0.472 e. The third-order valence-corrected chi connectivity index (χ3v) is 16.5. The largest absolute Gasteiger partial charge is 0.472 e. The Morgan fingerprint density at radius 1 is 0.312 bits per heavy atom. The third kappa shape index (κ3) is 67.8. The fraction of sp³-hybridized carbons (Fsp3) is 0.662. The van der Waals surface area contributed by atoms with Crippen LogP contribution in [0.4, 0.5) is 0 Å². The number of carbonyl (C=O) groups is 4. The number of hydrogen-bond donors (Lipinski definition) is 3. The van der Waals surface area contributed by atoms with Gasteiger partial charge in [0.2, 0.25) is 0 Å². The van der Waals surface area contributed by atoms with Crippen LogP contribution in [-0.2, 0) is 65.4 Å². The number of carbonyl (C=O) groups excluding carboxylic acids is 4. The molecule has 0 heterocycles. The number of unbranched alkanes of at least 4 members (excludes halogenated alkanes) is 20. The van der Waals surface area contributed by atoms with Gasteiger partial charge in [0.05, 0.1) is 32.8 Å². The Morgan fingerprint density at radius 2 is 0.604 bits per heavy atom. The van der Waals surface area contributed by atoms with E-state index in [9.17, 15) is 43.2 Å². The first-order valence-corrected chi connectivity index (χ1v) is 39.4. The molecule has 0 radical (unpaired) electrons. The summed E-state index contributed by atoms with van der Waals surface area (Å²) < 4.78 is 68.2. The Hall–Kier alpha value is -4.80. The molecule has 17 nitrogen and oxygen atoms in total. The van der Waals surface area contributed by atoms with Gasteiger partial charge in [-0.3, -0.25) is 37.3 Å². The summed E-state index contributed by atoms with van der Waals surface area (Å²) in [5.41, 5.74) is 0. The lowest BCUT2D eigenvalue weighted by Gasteiger charge is -2.21. The molecule has 0 spiro atoms. The zero-order chi connectivity index (χ0) is 70.4. The third-order valence-electron chi connectivity index (χ3n) is 14.6. The molecule has 0 aliphatic rings. The van der Waals surface area contributed by atoms with Crippen LogP contribution in [-0.4, -0.2) is 96.7 Å². The smallest absolute Gasteiger partial charge is 0.462 e. The van der Waals surface area contributed by atoms with E-state index in [0.717, 1.165) is 154 Å². The Kier molecular flexibility index (Phi) is 65.3. The predicted molar refractivity (Wildman–Crippen MR) is 390 cm³/mol. The summed E-state index contributed by atoms with van der Waals surface area (Å²) in [4.78, 5) is 72.6. The molecule has 0 rings (SSSR count). The SMILES string of the molecule is CC/C=C\C/C=C\C/C=C\C/C=C\C/C=C\CC(=O)OCC(COP(=O)(O)OCC(O)COP(=O)(O)OCC(COC(=O)CCCCCC/C=C\C/C=C\C/C=C\C/C=C\CC)OC(=O)CCCCCCCCCCCCC)OC(=O)CCCCCCC/C=C\C/C=C\CCC. The maximum absolute atomic E-state index is 13.0. The number of phosphoric ester groups is 2. The maximum atomic E-state index is 13.0. The summed E-state index contributed by atoms with van der Waals surface area (Å²) in [5.74, 6) is -2.37. The van der Waals surface area contributed by atoms with Crippen LogP contribution in [0.25, 0.3) is 0 Å². The van der Waals surface area contributed by atoms with Gasteiger partial charge in [-0.1, -0.05) is 264 Å². The van der Waals surface area contributed by atoms with Crippen molar-refractivity contribution in [2.75, 3.05) is 39.6 Å². The van der Waals surface area contributed by atoms with Gasteiger partial charge in [0.15, 0.2) is 12.2 Å². The van der Waals surface area contributed by atoms with Gasteiger partial charge in [0.1, 0.15) is 19.3 Å². The molecule has 5 atom stereocenters. The second kappa shape index (κ2) is 68.7. The van der Waals surface area contributed by atoms with E-state index in [1.54, 1.807) is 6.08 Å². The van der Waals surface area contributed by atoms with Crippen molar-refractivity contribution in [1.29, 1.82) is 0 Å². The van der Waals surface area contributed by atoms with E-state index in [2.05, 4.69) is 137 Å². The molecule has 0 aliphatic carbocycles. The van der Waals surface area contributed by atoms with Crippen LogP contribution in [0.1, 0.15) is 272 Å². The van der Waals surface area contributed by atoms with Crippen molar-refractivity contribution in [2.45, 2.75) is 290 Å². The molecule has 0 fully saturated rings. The molecular weight excluding hydrogens is 1260 g/mol. The molecular formula is C77H128O17P2. The van der Waals surface area contributed by atoms with Gasteiger partial charge in [-0.15, -0.1) is 0 Å². The zero-order valence-electron chi connectivity index (χ0n) is 59.5. The van der Waals surface area contributed by atoms with Crippen LogP contribution >= 0.6 is 15.6 Å². The standard InChI is InChI=1S/C77H128O17P2/c1-5-9-13-17-21-25-29-32-34-35-37-40-43-46-50-54-58-62-75(80)87-67-72(93-76(81)63-59-55-51-47-41-28-24-20-16-12-8-4)69-91-95(83,84)89-65-71(78)66-90-96(85,86)92-70-73(94-77(82)64-60-56-52-48-44-38-31-27-23-19-15-11-7-3)68-88-74(79)61-57-53-49-45-42-39-36-33-30-26-22-18-14-10-6-2/h9-10,13-15,19,21-22,25-27,31-34,36-37,40,42,45,53,57,71-73,78H,5-8,11-12,16-18,20,23-24,28-30,35,38-39,41,43-44,46-52,54-56,58-70H2,1-4H3,(H,83,84)(H,85,86)/b13-9-,14-10-,19-15-,25-21-,26-22-,31-27-,34-32-,36-33-,40-37-,45-42-,57-53-. The topological polar surface area (TPSA) is 237 Å². The van der Waals surface area contributed by atoms with E-state index in [4.69, 9.17) is 37.0 Å². The van der Waals surface area contributed by atoms with E-state index in [0.29, 0.717) is 25.7 Å². The van der Waals surface area contributed by atoms with Crippen molar-refractivity contribution < 1.29 is 80.2 Å². The van der Waals surface area contributed by atoms with E-state index < -0.39 is 97.5 Å². The minimum Gasteiger partial charge on any atom is -0.462 e. The number of rotatable bonds is 67. The summed E-state index contributed by atoms with van der Waals surface area (Å²) in [6, 6.07) is 0. The molecule has 96 heavy (non-hydrogen) atoms. The van der Waals surface area contributed by atoms with E-state index in [1.165, 1.54) is 38.5 Å².